The van der Waals surface area contributed by atoms with Gasteiger partial charge in [-0.3, -0.25) is 14.4 Å². The van der Waals surface area contributed by atoms with Gasteiger partial charge in [0.05, 0.1) is 12.5 Å². The molecule has 2 unspecified atom stereocenters. The fraction of sp³-hybridized carbons (Fsp3) is 0.290. The van der Waals surface area contributed by atoms with Gasteiger partial charge in [0.25, 0.3) is 5.91 Å². The van der Waals surface area contributed by atoms with E-state index in [0.717, 1.165) is 5.56 Å². The Balaban J connectivity index is 1.30. The van der Waals surface area contributed by atoms with Crippen LogP contribution in [0.4, 0.5) is 16.2 Å². The van der Waals surface area contributed by atoms with Crippen LogP contribution in [0.2, 0.25) is 0 Å². The third-order valence-electron chi connectivity index (χ3n) is 6.64. The van der Waals surface area contributed by atoms with Gasteiger partial charge in [-0.15, -0.1) is 0 Å². The lowest BCUT2D eigenvalue weighted by atomic mass is 9.99. The van der Waals surface area contributed by atoms with Crippen molar-refractivity contribution in [2.45, 2.75) is 39.3 Å². The molecule has 43 heavy (non-hydrogen) atoms. The molecule has 4 rings (SSSR count). The van der Waals surface area contributed by atoms with Crippen molar-refractivity contribution in [1.29, 1.82) is 0 Å². The number of benzene rings is 3. The third kappa shape index (κ3) is 8.62. The number of urea groups is 1. The van der Waals surface area contributed by atoms with Gasteiger partial charge in [-0.25, -0.2) is 4.79 Å². The standard InChI is InChI=1S/C31H34N4O8/c1-18(2)29(30(39)33-24(15-28(37)38)20-8-13-25-26(14-20)43-17-42-25)35-27(36)16-41-22-11-9-21(10-12-22)32-31(40)34-23-7-5-4-6-19(23)3/h4-14,18,24,29H,15-17H2,1-3H3,(H,33,39)(H,35,36)(H,37,38)(H2,32,34,40). The van der Waals surface area contributed by atoms with Crippen LogP contribution in [-0.4, -0.2) is 48.4 Å². The van der Waals surface area contributed by atoms with Crippen LogP contribution in [0, 0.1) is 12.8 Å². The number of hydrogen-bond acceptors (Lipinski definition) is 7. The summed E-state index contributed by atoms with van der Waals surface area (Å²) in [5, 5.41) is 20.4. The van der Waals surface area contributed by atoms with Crippen LogP contribution in [-0.2, 0) is 14.4 Å². The predicted octanol–water partition coefficient (Wildman–Crippen LogP) is 4.22. The number of carbonyl (C=O) groups excluding carboxylic acids is 3. The van der Waals surface area contributed by atoms with Crippen molar-refractivity contribution < 1.29 is 38.5 Å². The summed E-state index contributed by atoms with van der Waals surface area (Å²) >= 11 is 0. The van der Waals surface area contributed by atoms with E-state index in [1.807, 2.05) is 25.1 Å². The minimum Gasteiger partial charge on any atom is -0.484 e. The Kier molecular flexibility index (Phi) is 10.0. The number of anilines is 2. The molecule has 3 aromatic carbocycles. The summed E-state index contributed by atoms with van der Waals surface area (Å²) in [5.74, 6) is -1.10. The Bertz CT molecular complexity index is 1470. The smallest absolute Gasteiger partial charge is 0.323 e. The quantitative estimate of drug-likeness (QED) is 0.209. The second-order valence-corrected chi connectivity index (χ2v) is 10.3. The maximum Gasteiger partial charge on any atom is 0.323 e. The van der Waals surface area contributed by atoms with Gasteiger partial charge in [-0.1, -0.05) is 38.1 Å². The molecule has 2 atom stereocenters. The SMILES string of the molecule is Cc1ccccc1NC(=O)Nc1ccc(OCC(=O)NC(C(=O)NC(CC(=O)O)c2ccc3c(c2)OCO3)C(C)C)cc1. The monoisotopic (exact) mass is 590 g/mol. The highest BCUT2D eigenvalue weighted by Crippen LogP contribution is 2.35. The number of para-hydroxylation sites is 1. The maximum absolute atomic E-state index is 13.2. The number of fused-ring (bicyclic) bond motifs is 1. The van der Waals surface area contributed by atoms with Gasteiger partial charge in [0.2, 0.25) is 12.7 Å². The fourth-order valence-electron chi connectivity index (χ4n) is 4.35. The summed E-state index contributed by atoms with van der Waals surface area (Å²) in [6.07, 6.45) is -0.369. The van der Waals surface area contributed by atoms with Gasteiger partial charge >= 0.3 is 12.0 Å². The largest absolute Gasteiger partial charge is 0.484 e. The lowest BCUT2D eigenvalue weighted by molar-refractivity contribution is -0.138. The second-order valence-electron chi connectivity index (χ2n) is 10.3. The molecule has 3 aromatic rings. The molecule has 5 N–H and O–H groups in total. The summed E-state index contributed by atoms with van der Waals surface area (Å²) in [4.78, 5) is 49.8. The Morgan fingerprint density at radius 1 is 0.907 bits per heavy atom. The highest BCUT2D eigenvalue weighted by molar-refractivity contribution is 6.00. The van der Waals surface area contributed by atoms with Gasteiger partial charge in [0.1, 0.15) is 11.8 Å². The van der Waals surface area contributed by atoms with E-state index in [-0.39, 0.29) is 25.7 Å². The molecule has 0 fully saturated rings. The van der Waals surface area contributed by atoms with E-state index in [2.05, 4.69) is 21.3 Å². The van der Waals surface area contributed by atoms with Crippen molar-refractivity contribution in [2.75, 3.05) is 24.0 Å². The Morgan fingerprint density at radius 3 is 2.33 bits per heavy atom. The van der Waals surface area contributed by atoms with Crippen molar-refractivity contribution in [1.82, 2.24) is 10.6 Å². The number of hydrogen-bond donors (Lipinski definition) is 5. The highest BCUT2D eigenvalue weighted by atomic mass is 16.7. The van der Waals surface area contributed by atoms with Crippen molar-refractivity contribution >= 4 is 35.2 Å². The van der Waals surface area contributed by atoms with Crippen LogP contribution in [0.3, 0.4) is 0 Å². The average molecular weight is 591 g/mol. The first-order valence-electron chi connectivity index (χ1n) is 13.7. The third-order valence-corrected chi connectivity index (χ3v) is 6.64. The summed E-state index contributed by atoms with van der Waals surface area (Å²) in [6, 6.07) is 16.6. The van der Waals surface area contributed by atoms with E-state index in [0.29, 0.717) is 34.2 Å². The summed E-state index contributed by atoms with van der Waals surface area (Å²) in [6.45, 7) is 5.12. The summed E-state index contributed by atoms with van der Waals surface area (Å²) in [5.41, 5.74) is 2.69. The molecule has 0 saturated heterocycles. The second kappa shape index (κ2) is 14.1. The number of aryl methyl sites for hydroxylation is 1. The highest BCUT2D eigenvalue weighted by Gasteiger charge is 2.28. The van der Waals surface area contributed by atoms with E-state index >= 15 is 0 Å². The lowest BCUT2D eigenvalue weighted by Gasteiger charge is -2.25. The molecular weight excluding hydrogens is 556 g/mol. The summed E-state index contributed by atoms with van der Waals surface area (Å²) < 4.78 is 16.2. The zero-order valence-electron chi connectivity index (χ0n) is 24.0. The minimum absolute atomic E-state index is 0.0605. The molecule has 0 aliphatic carbocycles. The molecule has 226 valence electrons. The van der Waals surface area contributed by atoms with Crippen LogP contribution in [0.1, 0.15) is 37.4 Å². The minimum atomic E-state index is -1.10. The lowest BCUT2D eigenvalue weighted by Crippen LogP contribution is -2.51. The van der Waals surface area contributed by atoms with Crippen LogP contribution >= 0.6 is 0 Å². The molecule has 4 amide bonds. The van der Waals surface area contributed by atoms with Crippen molar-refractivity contribution in [3.05, 3.63) is 77.9 Å². The molecule has 0 radical (unpaired) electrons. The normalized spacial score (nSPS) is 13.0. The van der Waals surface area contributed by atoms with Crippen LogP contribution < -0.4 is 35.5 Å². The predicted molar refractivity (Wildman–Crippen MR) is 158 cm³/mol. The molecule has 0 spiro atoms. The van der Waals surface area contributed by atoms with Crippen molar-refractivity contribution in [2.24, 2.45) is 5.92 Å². The molecular formula is C31H34N4O8. The first-order valence-corrected chi connectivity index (χ1v) is 13.7. The van der Waals surface area contributed by atoms with Gasteiger partial charge < -0.3 is 40.6 Å². The van der Waals surface area contributed by atoms with Crippen LogP contribution in [0.15, 0.2) is 66.7 Å². The molecule has 0 aromatic heterocycles. The fourth-order valence-corrected chi connectivity index (χ4v) is 4.35. The zero-order valence-corrected chi connectivity index (χ0v) is 24.0. The summed E-state index contributed by atoms with van der Waals surface area (Å²) in [7, 11) is 0. The number of carboxylic acids is 1. The number of ether oxygens (including phenoxy) is 3. The van der Waals surface area contributed by atoms with Gasteiger partial charge in [0.15, 0.2) is 18.1 Å². The molecule has 0 saturated carbocycles. The van der Waals surface area contributed by atoms with Crippen LogP contribution in [0.25, 0.3) is 0 Å². The molecule has 1 heterocycles. The molecule has 0 bridgehead atoms. The van der Waals surface area contributed by atoms with Crippen molar-refractivity contribution in [3.8, 4) is 17.2 Å². The number of carbonyl (C=O) groups is 4. The first-order chi connectivity index (χ1) is 20.6. The zero-order chi connectivity index (χ0) is 30.9. The van der Waals surface area contributed by atoms with Gasteiger partial charge in [-0.05, 0) is 66.4 Å². The van der Waals surface area contributed by atoms with Gasteiger partial charge in [-0.2, -0.15) is 0 Å². The number of amides is 4. The van der Waals surface area contributed by atoms with E-state index in [4.69, 9.17) is 14.2 Å². The molecule has 12 nitrogen and oxygen atoms in total. The molecule has 1 aliphatic heterocycles. The average Bonchev–Trinajstić information content (AvgIpc) is 3.44. The number of carboxylic acid groups (broad SMARTS) is 1. The van der Waals surface area contributed by atoms with E-state index in [1.54, 1.807) is 62.4 Å². The van der Waals surface area contributed by atoms with E-state index in [1.165, 1.54) is 0 Å². The number of nitrogens with one attached hydrogen (secondary N) is 4. The number of rotatable bonds is 12. The first kappa shape index (κ1) is 30.7. The topological polar surface area (TPSA) is 164 Å². The maximum atomic E-state index is 13.2. The number of aliphatic carboxylic acids is 1. The molecule has 12 heteroatoms. The Hall–Kier alpha value is -5.26. The van der Waals surface area contributed by atoms with Crippen molar-refractivity contribution in [3.63, 3.8) is 0 Å². The van der Waals surface area contributed by atoms with Crippen LogP contribution in [0.5, 0.6) is 17.2 Å². The molecule has 1 aliphatic rings. The Labute approximate surface area is 248 Å². The van der Waals surface area contributed by atoms with E-state index < -0.39 is 35.9 Å². The van der Waals surface area contributed by atoms with E-state index in [9.17, 15) is 24.3 Å². The van der Waals surface area contributed by atoms with Gasteiger partial charge in [0, 0.05) is 11.4 Å². The Morgan fingerprint density at radius 2 is 1.63 bits per heavy atom.